The molecule has 0 aliphatic carbocycles. The summed E-state index contributed by atoms with van der Waals surface area (Å²) in [4.78, 5) is 9.35. The van der Waals surface area contributed by atoms with Gasteiger partial charge in [-0.05, 0) is 39.3 Å². The van der Waals surface area contributed by atoms with Gasteiger partial charge in [-0.1, -0.05) is 6.07 Å². The maximum absolute atomic E-state index is 4.60. The first kappa shape index (κ1) is 18.2. The molecule has 120 valence electrons. The average Bonchev–Trinajstić information content (AvgIpc) is 2.43. The molecule has 2 atom stereocenters. The van der Waals surface area contributed by atoms with Crippen molar-refractivity contribution in [2.45, 2.75) is 52.4 Å². The summed E-state index contributed by atoms with van der Waals surface area (Å²) in [6, 6.07) is 5.98. The monoisotopic (exact) mass is 312 g/mol. The van der Waals surface area contributed by atoms with Crippen LogP contribution in [-0.4, -0.2) is 48.1 Å². The number of nitrogens with zero attached hydrogens (tertiary/aromatic N) is 3. The number of aromatic nitrogens is 1. The predicted molar refractivity (Wildman–Crippen MR) is 92.4 cm³/mol. The van der Waals surface area contributed by atoms with Crippen LogP contribution in [0.1, 0.15) is 33.3 Å². The third-order valence-corrected chi connectivity index (χ3v) is 4.32. The molecule has 4 nitrogen and oxygen atoms in total. The van der Waals surface area contributed by atoms with Gasteiger partial charge in [-0.3, -0.25) is 4.90 Å². The maximum Gasteiger partial charge on any atom is 0.128 e. The van der Waals surface area contributed by atoms with E-state index < -0.39 is 0 Å². The van der Waals surface area contributed by atoms with Crippen LogP contribution in [0.3, 0.4) is 0 Å². The summed E-state index contributed by atoms with van der Waals surface area (Å²) in [6.07, 6.45) is 2.02. The smallest absolute Gasteiger partial charge is 0.128 e. The van der Waals surface area contributed by atoms with Crippen LogP contribution < -0.4 is 10.2 Å². The van der Waals surface area contributed by atoms with Crippen LogP contribution in [0, 0.1) is 0 Å². The molecule has 1 aromatic heterocycles. The van der Waals surface area contributed by atoms with Gasteiger partial charge >= 0.3 is 0 Å². The van der Waals surface area contributed by atoms with Crippen LogP contribution in [0.15, 0.2) is 18.3 Å². The summed E-state index contributed by atoms with van der Waals surface area (Å²) in [6.45, 7) is 12.1. The van der Waals surface area contributed by atoms with E-state index in [1.165, 1.54) is 5.56 Å². The SMILES string of the molecule is CC(C)N(C)c1ccc(CN2[C@H](C)CNC[C@@H]2C)cn1.Cl. The van der Waals surface area contributed by atoms with Gasteiger partial charge in [0.1, 0.15) is 5.82 Å². The van der Waals surface area contributed by atoms with Crippen molar-refractivity contribution in [1.82, 2.24) is 15.2 Å². The van der Waals surface area contributed by atoms with E-state index in [1.54, 1.807) is 0 Å². The van der Waals surface area contributed by atoms with E-state index in [9.17, 15) is 0 Å². The Balaban J connectivity index is 0.00000220. The summed E-state index contributed by atoms with van der Waals surface area (Å²) in [5.74, 6) is 1.05. The quantitative estimate of drug-likeness (QED) is 0.926. The third kappa shape index (κ3) is 4.56. The van der Waals surface area contributed by atoms with Crippen molar-refractivity contribution >= 4 is 18.2 Å². The van der Waals surface area contributed by atoms with E-state index in [0.717, 1.165) is 25.5 Å². The van der Waals surface area contributed by atoms with E-state index in [0.29, 0.717) is 18.1 Å². The van der Waals surface area contributed by atoms with Gasteiger partial charge in [0, 0.05) is 51.0 Å². The third-order valence-electron chi connectivity index (χ3n) is 4.32. The van der Waals surface area contributed by atoms with Gasteiger partial charge in [0.2, 0.25) is 0 Å². The Kier molecular flexibility index (Phi) is 6.91. The molecule has 1 N–H and O–H groups in total. The Bertz CT molecular complexity index is 411. The Morgan fingerprint density at radius 2 is 1.90 bits per heavy atom. The van der Waals surface area contributed by atoms with Crippen LogP contribution in [0.25, 0.3) is 0 Å². The number of anilines is 1. The van der Waals surface area contributed by atoms with Gasteiger partial charge in [-0.2, -0.15) is 0 Å². The maximum atomic E-state index is 4.60. The molecule has 0 spiro atoms. The summed E-state index contributed by atoms with van der Waals surface area (Å²) < 4.78 is 0. The van der Waals surface area contributed by atoms with Crippen molar-refractivity contribution in [2.75, 3.05) is 25.0 Å². The van der Waals surface area contributed by atoms with E-state index in [1.807, 2.05) is 6.20 Å². The first-order chi connectivity index (χ1) is 9.49. The molecule has 2 rings (SSSR count). The average molecular weight is 313 g/mol. The molecule has 0 radical (unpaired) electrons. The molecule has 1 aromatic rings. The normalized spacial score (nSPS) is 23.0. The number of nitrogens with one attached hydrogen (secondary N) is 1. The van der Waals surface area contributed by atoms with E-state index >= 15 is 0 Å². The number of pyridine rings is 1. The van der Waals surface area contributed by atoms with Crippen molar-refractivity contribution < 1.29 is 0 Å². The minimum atomic E-state index is 0. The summed E-state index contributed by atoms with van der Waals surface area (Å²) >= 11 is 0. The second-order valence-electron chi connectivity index (χ2n) is 6.26. The Morgan fingerprint density at radius 1 is 1.29 bits per heavy atom. The van der Waals surface area contributed by atoms with Crippen molar-refractivity contribution in [3.05, 3.63) is 23.9 Å². The fourth-order valence-corrected chi connectivity index (χ4v) is 2.68. The predicted octanol–water partition coefficient (Wildman–Crippen LogP) is 2.53. The molecular weight excluding hydrogens is 284 g/mol. The second kappa shape index (κ2) is 7.97. The molecule has 5 heteroatoms. The topological polar surface area (TPSA) is 31.4 Å². The van der Waals surface area contributed by atoms with Crippen molar-refractivity contribution in [2.24, 2.45) is 0 Å². The zero-order chi connectivity index (χ0) is 14.7. The number of hydrogen-bond donors (Lipinski definition) is 1. The summed E-state index contributed by atoms with van der Waals surface area (Å²) in [7, 11) is 2.09. The van der Waals surface area contributed by atoms with Crippen LogP contribution in [0.4, 0.5) is 5.82 Å². The van der Waals surface area contributed by atoms with E-state index in [-0.39, 0.29) is 12.4 Å². The minimum Gasteiger partial charge on any atom is -0.357 e. The van der Waals surface area contributed by atoms with Gasteiger partial charge in [-0.25, -0.2) is 4.98 Å². The van der Waals surface area contributed by atoms with E-state index in [2.05, 4.69) is 67.0 Å². The molecule has 0 aromatic carbocycles. The lowest BCUT2D eigenvalue weighted by molar-refractivity contribution is 0.108. The lowest BCUT2D eigenvalue weighted by Gasteiger charge is -2.39. The molecule has 0 saturated carbocycles. The van der Waals surface area contributed by atoms with Gasteiger partial charge in [0.05, 0.1) is 0 Å². The lowest BCUT2D eigenvalue weighted by atomic mass is 10.1. The highest BCUT2D eigenvalue weighted by Gasteiger charge is 2.24. The molecular formula is C16H29ClN4. The second-order valence-corrected chi connectivity index (χ2v) is 6.26. The zero-order valence-corrected chi connectivity index (χ0v) is 14.7. The first-order valence-electron chi connectivity index (χ1n) is 7.63. The number of halogens is 1. The van der Waals surface area contributed by atoms with E-state index in [4.69, 9.17) is 0 Å². The highest BCUT2D eigenvalue weighted by molar-refractivity contribution is 5.85. The number of rotatable bonds is 4. The Hall–Kier alpha value is -0.840. The fraction of sp³-hybridized carbons (Fsp3) is 0.688. The fourth-order valence-electron chi connectivity index (χ4n) is 2.68. The molecule has 1 aliphatic rings. The Morgan fingerprint density at radius 3 is 2.38 bits per heavy atom. The molecule has 0 amide bonds. The molecule has 2 heterocycles. The zero-order valence-electron chi connectivity index (χ0n) is 13.8. The molecule has 21 heavy (non-hydrogen) atoms. The Labute approximate surface area is 135 Å². The van der Waals surface area contributed by atoms with Gasteiger partial charge in [-0.15, -0.1) is 12.4 Å². The minimum absolute atomic E-state index is 0. The summed E-state index contributed by atoms with van der Waals surface area (Å²) in [5, 5.41) is 3.47. The van der Waals surface area contributed by atoms with Crippen LogP contribution in [-0.2, 0) is 6.54 Å². The van der Waals surface area contributed by atoms with Gasteiger partial charge < -0.3 is 10.2 Å². The number of hydrogen-bond acceptors (Lipinski definition) is 4. The lowest BCUT2D eigenvalue weighted by Crippen LogP contribution is -2.54. The summed E-state index contributed by atoms with van der Waals surface area (Å²) in [5.41, 5.74) is 1.30. The van der Waals surface area contributed by atoms with Gasteiger partial charge in [0.25, 0.3) is 0 Å². The van der Waals surface area contributed by atoms with Crippen molar-refractivity contribution in [3.8, 4) is 0 Å². The molecule has 1 saturated heterocycles. The first-order valence-corrected chi connectivity index (χ1v) is 7.63. The van der Waals surface area contributed by atoms with Gasteiger partial charge in [0.15, 0.2) is 0 Å². The van der Waals surface area contributed by atoms with Crippen molar-refractivity contribution in [1.29, 1.82) is 0 Å². The molecule has 0 bridgehead atoms. The molecule has 1 fully saturated rings. The largest absolute Gasteiger partial charge is 0.357 e. The molecule has 0 unspecified atom stereocenters. The standard InChI is InChI=1S/C16H28N4.ClH/c1-12(2)19(5)16-7-6-15(10-18-16)11-20-13(3)8-17-9-14(20)4;/h6-7,10,12-14,17H,8-9,11H2,1-5H3;1H/t13-,14+;. The van der Waals surface area contributed by atoms with Crippen LogP contribution in [0.5, 0.6) is 0 Å². The highest BCUT2D eigenvalue weighted by atomic mass is 35.5. The highest BCUT2D eigenvalue weighted by Crippen LogP contribution is 2.17. The molecule has 1 aliphatic heterocycles. The van der Waals surface area contributed by atoms with Crippen LogP contribution in [0.2, 0.25) is 0 Å². The number of piperazine rings is 1. The van der Waals surface area contributed by atoms with Crippen molar-refractivity contribution in [3.63, 3.8) is 0 Å². The van der Waals surface area contributed by atoms with Crippen LogP contribution >= 0.6 is 12.4 Å².